The first-order chi connectivity index (χ1) is 7.60. The minimum Gasteiger partial charge on any atom is -0.411 e. The molecule has 0 aromatic rings. The van der Waals surface area contributed by atoms with Gasteiger partial charge in [0.1, 0.15) is 0 Å². The Hall–Kier alpha value is -0.353. The van der Waals surface area contributed by atoms with Crippen LogP contribution in [0.3, 0.4) is 0 Å². The van der Waals surface area contributed by atoms with E-state index in [-0.39, 0.29) is 28.5 Å². The average Bonchev–Trinajstić information content (AvgIpc) is 2.88. The van der Waals surface area contributed by atoms with E-state index in [9.17, 15) is 4.79 Å². The molecular weight excluding hydrogens is 230 g/mol. The predicted molar refractivity (Wildman–Crippen MR) is 71.3 cm³/mol. The maximum atomic E-state index is 11.9. The molecule has 3 nitrogen and oxygen atoms in total. The fourth-order valence-corrected chi connectivity index (χ4v) is 3.81. The van der Waals surface area contributed by atoms with Gasteiger partial charge in [0, 0.05) is 0 Å². The Morgan fingerprint density at radius 2 is 1.88 bits per heavy atom. The molecule has 1 N–H and O–H groups in total. The number of carbonyl (C=O) groups is 1. The van der Waals surface area contributed by atoms with Crippen molar-refractivity contribution < 1.29 is 9.22 Å². The quantitative estimate of drug-likeness (QED) is 0.770. The van der Waals surface area contributed by atoms with Crippen molar-refractivity contribution in [3.8, 4) is 0 Å². The number of carbonyl (C=O) groups excluding carboxylic acids is 1. The highest BCUT2D eigenvalue weighted by Crippen LogP contribution is 2.55. The topological polar surface area (TPSA) is 38.3 Å². The monoisotopic (exact) mass is 255 g/mol. The third-order valence-corrected chi connectivity index (χ3v) is 9.28. The van der Waals surface area contributed by atoms with Crippen molar-refractivity contribution in [2.45, 2.75) is 70.8 Å². The molecule has 0 aromatic heterocycles. The van der Waals surface area contributed by atoms with E-state index in [1.54, 1.807) is 0 Å². The first kappa shape index (κ1) is 13.1. The second kappa shape index (κ2) is 3.57. The maximum absolute atomic E-state index is 11.9. The van der Waals surface area contributed by atoms with Gasteiger partial charge in [0.05, 0.1) is 17.6 Å². The van der Waals surface area contributed by atoms with Gasteiger partial charge in [-0.1, -0.05) is 20.8 Å². The highest BCUT2D eigenvalue weighted by Gasteiger charge is 2.63. The van der Waals surface area contributed by atoms with E-state index in [4.69, 9.17) is 4.43 Å². The van der Waals surface area contributed by atoms with Crippen LogP contribution in [-0.2, 0) is 9.22 Å². The molecule has 17 heavy (non-hydrogen) atoms. The van der Waals surface area contributed by atoms with E-state index < -0.39 is 8.32 Å². The number of hydrogen-bond donors (Lipinski definition) is 1. The molecule has 0 aromatic carbocycles. The number of hydrogen-bond acceptors (Lipinski definition) is 2. The summed E-state index contributed by atoms with van der Waals surface area (Å²) in [5.41, 5.74) is -0.172. The van der Waals surface area contributed by atoms with Crippen LogP contribution in [0.1, 0.15) is 40.5 Å². The zero-order chi connectivity index (χ0) is 13.1. The Morgan fingerprint density at radius 1 is 1.35 bits per heavy atom. The van der Waals surface area contributed by atoms with Gasteiger partial charge in [-0.2, -0.15) is 0 Å². The lowest BCUT2D eigenvalue weighted by Gasteiger charge is -2.40. The molecule has 2 fully saturated rings. The first-order valence-electron chi connectivity index (χ1n) is 6.59. The zero-order valence-corrected chi connectivity index (χ0v) is 12.9. The first-order valence-corrected chi connectivity index (χ1v) is 9.50. The normalized spacial score (nSPS) is 31.8. The Kier molecular flexibility index (Phi) is 2.75. The Balaban J connectivity index is 2.17. The molecule has 2 atom stereocenters. The standard InChI is InChI=1S/C13H25NO2Si/c1-9-10(13(7-8-13)11(15)14-9)16-17(5,6)12(2,3)4/h9-10H,7-8H2,1-6H3,(H,14,15). The van der Waals surface area contributed by atoms with E-state index in [0.29, 0.717) is 0 Å². The van der Waals surface area contributed by atoms with E-state index in [2.05, 4.69) is 46.1 Å². The highest BCUT2D eigenvalue weighted by atomic mass is 28.4. The van der Waals surface area contributed by atoms with Crippen molar-refractivity contribution in [2.24, 2.45) is 5.41 Å². The molecule has 1 aliphatic carbocycles. The summed E-state index contributed by atoms with van der Waals surface area (Å²) in [6.07, 6.45) is 2.10. The van der Waals surface area contributed by atoms with E-state index in [1.165, 1.54) is 0 Å². The largest absolute Gasteiger partial charge is 0.411 e. The summed E-state index contributed by atoms with van der Waals surface area (Å²) < 4.78 is 6.48. The summed E-state index contributed by atoms with van der Waals surface area (Å²) in [5.74, 6) is 0.216. The van der Waals surface area contributed by atoms with Crippen LogP contribution in [0.2, 0.25) is 18.1 Å². The van der Waals surface area contributed by atoms with E-state index in [0.717, 1.165) is 12.8 Å². The van der Waals surface area contributed by atoms with Gasteiger partial charge in [-0.05, 0) is 37.9 Å². The van der Waals surface area contributed by atoms with Gasteiger partial charge in [-0.25, -0.2) is 0 Å². The van der Waals surface area contributed by atoms with Gasteiger partial charge in [-0.15, -0.1) is 0 Å². The zero-order valence-electron chi connectivity index (χ0n) is 11.9. The van der Waals surface area contributed by atoms with Crippen LogP contribution in [0.4, 0.5) is 0 Å². The van der Waals surface area contributed by atoms with Crippen molar-refractivity contribution in [2.75, 3.05) is 0 Å². The minimum atomic E-state index is -1.78. The molecule has 0 bridgehead atoms. The van der Waals surface area contributed by atoms with Crippen LogP contribution in [0, 0.1) is 5.41 Å². The molecule has 98 valence electrons. The molecule has 1 aliphatic heterocycles. The van der Waals surface area contributed by atoms with Crippen molar-refractivity contribution in [3.05, 3.63) is 0 Å². The van der Waals surface area contributed by atoms with Crippen LogP contribution >= 0.6 is 0 Å². The Bertz CT molecular complexity index is 342. The maximum Gasteiger partial charge on any atom is 0.229 e. The van der Waals surface area contributed by atoms with Crippen LogP contribution in [-0.4, -0.2) is 26.4 Å². The summed E-state index contributed by atoms with van der Waals surface area (Å²) in [6.45, 7) is 13.3. The van der Waals surface area contributed by atoms with Gasteiger partial charge in [0.2, 0.25) is 5.91 Å². The van der Waals surface area contributed by atoms with Crippen molar-refractivity contribution in [3.63, 3.8) is 0 Å². The Morgan fingerprint density at radius 3 is 2.29 bits per heavy atom. The predicted octanol–water partition coefficient (Wildman–Crippen LogP) is 2.68. The van der Waals surface area contributed by atoms with Crippen LogP contribution < -0.4 is 5.32 Å². The summed E-state index contributed by atoms with van der Waals surface area (Å²) in [7, 11) is -1.78. The summed E-state index contributed by atoms with van der Waals surface area (Å²) in [6, 6.07) is 0.166. The molecule has 1 spiro atoms. The Labute approximate surface area is 105 Å². The van der Waals surface area contributed by atoms with Gasteiger partial charge in [-0.3, -0.25) is 4.79 Å². The minimum absolute atomic E-state index is 0.0934. The SMILES string of the molecule is CC1NC(=O)C2(CC2)C1O[Si](C)(C)C(C)(C)C. The number of rotatable bonds is 2. The lowest BCUT2D eigenvalue weighted by molar-refractivity contribution is -0.124. The molecule has 2 unspecified atom stereocenters. The molecule has 1 heterocycles. The second-order valence-corrected chi connectivity index (χ2v) is 12.0. The number of nitrogens with one attached hydrogen (secondary N) is 1. The molecule has 1 saturated heterocycles. The third kappa shape index (κ3) is 1.95. The molecule has 2 aliphatic rings. The van der Waals surface area contributed by atoms with E-state index >= 15 is 0 Å². The molecule has 2 rings (SSSR count). The van der Waals surface area contributed by atoms with E-state index in [1.807, 2.05) is 0 Å². The van der Waals surface area contributed by atoms with Crippen LogP contribution in [0.5, 0.6) is 0 Å². The average molecular weight is 255 g/mol. The second-order valence-electron chi connectivity index (χ2n) is 7.22. The highest BCUT2D eigenvalue weighted by molar-refractivity contribution is 6.74. The van der Waals surface area contributed by atoms with Crippen LogP contribution in [0.25, 0.3) is 0 Å². The fourth-order valence-electron chi connectivity index (χ4n) is 2.39. The van der Waals surface area contributed by atoms with Gasteiger partial charge in [0.15, 0.2) is 8.32 Å². The fraction of sp³-hybridized carbons (Fsp3) is 0.923. The number of amides is 1. The molecule has 0 radical (unpaired) electrons. The van der Waals surface area contributed by atoms with Crippen molar-refractivity contribution >= 4 is 14.2 Å². The molecule has 1 amide bonds. The third-order valence-electron chi connectivity index (χ3n) is 4.83. The summed E-state index contributed by atoms with van der Waals surface area (Å²) >= 11 is 0. The van der Waals surface area contributed by atoms with Gasteiger partial charge in [0.25, 0.3) is 0 Å². The van der Waals surface area contributed by atoms with Gasteiger partial charge >= 0.3 is 0 Å². The smallest absolute Gasteiger partial charge is 0.229 e. The molecule has 1 saturated carbocycles. The van der Waals surface area contributed by atoms with Crippen molar-refractivity contribution in [1.82, 2.24) is 5.32 Å². The lowest BCUT2D eigenvalue weighted by atomic mass is 9.99. The molecular formula is C13H25NO2Si. The van der Waals surface area contributed by atoms with Crippen molar-refractivity contribution in [1.29, 1.82) is 0 Å². The summed E-state index contributed by atoms with van der Waals surface area (Å²) in [5, 5.41) is 3.25. The lowest BCUT2D eigenvalue weighted by Crippen LogP contribution is -2.48. The van der Waals surface area contributed by atoms with Crippen LogP contribution in [0.15, 0.2) is 0 Å². The molecule has 4 heteroatoms. The van der Waals surface area contributed by atoms with Gasteiger partial charge < -0.3 is 9.74 Å². The summed E-state index contributed by atoms with van der Waals surface area (Å²) in [4.78, 5) is 11.9.